The Balaban J connectivity index is 1.74. The minimum absolute atomic E-state index is 0.243. The van der Waals surface area contributed by atoms with Crippen LogP contribution in [0, 0.1) is 0 Å². The van der Waals surface area contributed by atoms with Gasteiger partial charge in [0, 0.05) is 6.54 Å². The number of nitrogens with two attached hydrogens (primary N) is 1. The van der Waals surface area contributed by atoms with E-state index >= 15 is 0 Å². The fourth-order valence-corrected chi connectivity index (χ4v) is 1.82. The van der Waals surface area contributed by atoms with Gasteiger partial charge in [-0.2, -0.15) is 0 Å². The second-order valence-electron chi connectivity index (χ2n) is 4.68. The molecule has 3 N–H and O–H groups in total. The number of methoxy groups -OCH3 is 1. The molecule has 0 unspecified atom stereocenters. The first kappa shape index (κ1) is 16.4. The summed E-state index contributed by atoms with van der Waals surface area (Å²) in [5.74, 6) is 0.377. The lowest BCUT2D eigenvalue weighted by atomic mass is 10.2. The quantitative estimate of drug-likeness (QED) is 0.856. The summed E-state index contributed by atoms with van der Waals surface area (Å²) in [6.45, 7) is 0.578. The van der Waals surface area contributed by atoms with Gasteiger partial charge in [0.25, 0.3) is 0 Å². The van der Waals surface area contributed by atoms with E-state index in [-0.39, 0.29) is 6.61 Å². The van der Waals surface area contributed by atoms with Gasteiger partial charge >= 0.3 is 6.09 Å². The summed E-state index contributed by atoms with van der Waals surface area (Å²) >= 11 is 0. The molecule has 0 saturated carbocycles. The molecule has 1 heterocycles. The summed E-state index contributed by atoms with van der Waals surface area (Å²) in [6.07, 6.45) is 3.06. The van der Waals surface area contributed by atoms with Crippen molar-refractivity contribution in [3.05, 3.63) is 59.8 Å². The van der Waals surface area contributed by atoms with Gasteiger partial charge in [-0.1, -0.05) is 36.4 Å². The van der Waals surface area contributed by atoms with E-state index in [1.807, 2.05) is 30.3 Å². The van der Waals surface area contributed by atoms with Gasteiger partial charge in [-0.15, -0.1) is 0 Å². The zero-order valence-corrected chi connectivity index (χ0v) is 12.9. The van der Waals surface area contributed by atoms with Crippen LogP contribution in [0.2, 0.25) is 0 Å². The zero-order chi connectivity index (χ0) is 16.5. The van der Waals surface area contributed by atoms with Crippen LogP contribution in [0.4, 0.5) is 10.5 Å². The van der Waals surface area contributed by atoms with Crippen LogP contribution < -0.4 is 15.8 Å². The number of carbonyl (C=O) groups excluding carboxylic acids is 1. The summed E-state index contributed by atoms with van der Waals surface area (Å²) in [5.41, 5.74) is 7.80. The predicted octanol–water partition coefficient (Wildman–Crippen LogP) is 2.61. The third kappa shape index (κ3) is 5.35. The number of rotatable bonds is 6. The minimum Gasteiger partial charge on any atom is -0.480 e. The maximum absolute atomic E-state index is 11.6. The summed E-state index contributed by atoms with van der Waals surface area (Å²) in [5, 5.41) is 2.63. The van der Waals surface area contributed by atoms with E-state index in [0.29, 0.717) is 23.8 Å². The molecule has 6 heteroatoms. The molecule has 1 amide bonds. The van der Waals surface area contributed by atoms with Gasteiger partial charge in [-0.05, 0) is 23.8 Å². The van der Waals surface area contributed by atoms with Crippen molar-refractivity contribution < 1.29 is 14.3 Å². The monoisotopic (exact) mass is 313 g/mol. The number of hydrogen-bond acceptors (Lipinski definition) is 5. The third-order valence-electron chi connectivity index (χ3n) is 2.97. The Morgan fingerprint density at radius 1 is 1.26 bits per heavy atom. The van der Waals surface area contributed by atoms with Gasteiger partial charge in [0.2, 0.25) is 5.88 Å². The Morgan fingerprint density at radius 3 is 2.78 bits per heavy atom. The van der Waals surface area contributed by atoms with Gasteiger partial charge in [-0.3, -0.25) is 0 Å². The molecule has 120 valence electrons. The number of carbonyl (C=O) groups is 1. The summed E-state index contributed by atoms with van der Waals surface area (Å²) in [6, 6.07) is 13.0. The average molecular weight is 313 g/mol. The molecule has 0 radical (unpaired) electrons. The summed E-state index contributed by atoms with van der Waals surface area (Å²) in [4.78, 5) is 15.8. The topological polar surface area (TPSA) is 86.5 Å². The molecule has 23 heavy (non-hydrogen) atoms. The Kier molecular flexibility index (Phi) is 5.99. The lowest BCUT2D eigenvalue weighted by Gasteiger charge is -2.05. The van der Waals surface area contributed by atoms with E-state index in [0.717, 1.165) is 5.56 Å². The van der Waals surface area contributed by atoms with Crippen molar-refractivity contribution in [2.24, 2.45) is 0 Å². The summed E-state index contributed by atoms with van der Waals surface area (Å²) < 4.78 is 10.1. The molecule has 1 aromatic heterocycles. The van der Waals surface area contributed by atoms with E-state index in [4.69, 9.17) is 15.2 Å². The van der Waals surface area contributed by atoms with Crippen molar-refractivity contribution in [1.29, 1.82) is 0 Å². The number of hydrogen-bond donors (Lipinski definition) is 2. The highest BCUT2D eigenvalue weighted by Crippen LogP contribution is 2.18. The normalized spacial score (nSPS) is 10.5. The van der Waals surface area contributed by atoms with E-state index in [1.165, 1.54) is 7.11 Å². The fourth-order valence-electron chi connectivity index (χ4n) is 1.82. The van der Waals surface area contributed by atoms with Crippen LogP contribution in [-0.4, -0.2) is 24.7 Å². The van der Waals surface area contributed by atoms with Gasteiger partial charge in [-0.25, -0.2) is 9.78 Å². The largest absolute Gasteiger partial charge is 0.480 e. The van der Waals surface area contributed by atoms with Crippen LogP contribution in [-0.2, 0) is 11.3 Å². The molecule has 2 rings (SSSR count). The molecule has 0 fully saturated rings. The predicted molar refractivity (Wildman–Crippen MR) is 88.9 cm³/mol. The van der Waals surface area contributed by atoms with E-state index in [2.05, 4.69) is 10.3 Å². The molecule has 0 aliphatic carbocycles. The number of alkyl carbamates (subject to hydrolysis) is 1. The molecule has 0 aliphatic heterocycles. The molecule has 2 aromatic rings. The zero-order valence-electron chi connectivity index (χ0n) is 12.9. The van der Waals surface area contributed by atoms with Crippen molar-refractivity contribution >= 4 is 17.9 Å². The maximum Gasteiger partial charge on any atom is 0.407 e. The maximum atomic E-state index is 11.6. The molecule has 0 spiro atoms. The van der Waals surface area contributed by atoms with Crippen molar-refractivity contribution in [1.82, 2.24) is 10.3 Å². The first-order chi connectivity index (χ1) is 11.2. The highest BCUT2D eigenvalue weighted by molar-refractivity contribution is 5.67. The molecule has 6 nitrogen and oxygen atoms in total. The Morgan fingerprint density at radius 2 is 2.04 bits per heavy atom. The van der Waals surface area contributed by atoms with Crippen LogP contribution in [0.5, 0.6) is 5.88 Å². The Hall–Kier alpha value is -3.02. The molecular formula is C17H19N3O3. The lowest BCUT2D eigenvalue weighted by molar-refractivity contribution is 0.141. The van der Waals surface area contributed by atoms with Crippen LogP contribution in [0.3, 0.4) is 0 Å². The van der Waals surface area contributed by atoms with Crippen molar-refractivity contribution in [2.45, 2.75) is 6.61 Å². The van der Waals surface area contributed by atoms with Crippen molar-refractivity contribution in [3.63, 3.8) is 0 Å². The van der Waals surface area contributed by atoms with E-state index in [9.17, 15) is 4.79 Å². The smallest absolute Gasteiger partial charge is 0.407 e. The number of ether oxygens (including phenoxy) is 2. The number of nitrogens with zero attached hydrogens (tertiary/aromatic N) is 1. The number of pyridine rings is 1. The second kappa shape index (κ2) is 8.43. The number of nitrogen functional groups attached to an aromatic ring is 1. The molecular weight excluding hydrogens is 294 g/mol. The number of aromatic nitrogens is 1. The van der Waals surface area contributed by atoms with Gasteiger partial charge in [0.05, 0.1) is 18.5 Å². The third-order valence-corrected chi connectivity index (χ3v) is 2.97. The van der Waals surface area contributed by atoms with Crippen LogP contribution >= 0.6 is 0 Å². The second-order valence-corrected chi connectivity index (χ2v) is 4.68. The lowest BCUT2D eigenvalue weighted by Crippen LogP contribution is -2.24. The minimum atomic E-state index is -0.471. The first-order valence-corrected chi connectivity index (χ1v) is 7.10. The summed E-state index contributed by atoms with van der Waals surface area (Å²) in [7, 11) is 1.51. The average Bonchev–Trinajstić information content (AvgIpc) is 2.59. The standard InChI is InChI=1S/C17H19N3O3/c1-22-16-15(18)10-9-14(20-16)8-5-11-19-17(21)23-12-13-6-3-2-4-7-13/h2-10H,11-12,18H2,1H3,(H,19,21). The van der Waals surface area contributed by atoms with Crippen LogP contribution in [0.15, 0.2) is 48.5 Å². The Bertz CT molecular complexity index is 672. The highest BCUT2D eigenvalue weighted by atomic mass is 16.5. The van der Waals surface area contributed by atoms with E-state index in [1.54, 1.807) is 24.3 Å². The molecule has 0 saturated heterocycles. The molecule has 0 aliphatic rings. The van der Waals surface area contributed by atoms with E-state index < -0.39 is 6.09 Å². The number of benzene rings is 1. The van der Waals surface area contributed by atoms with Crippen LogP contribution in [0.25, 0.3) is 6.08 Å². The number of anilines is 1. The Labute approximate surface area is 134 Å². The van der Waals surface area contributed by atoms with Crippen molar-refractivity contribution in [2.75, 3.05) is 19.4 Å². The first-order valence-electron chi connectivity index (χ1n) is 7.10. The SMILES string of the molecule is COc1nc(C=CCNC(=O)OCc2ccccc2)ccc1N. The van der Waals surface area contributed by atoms with Gasteiger partial charge in [0.1, 0.15) is 6.61 Å². The number of amides is 1. The molecule has 0 atom stereocenters. The van der Waals surface area contributed by atoms with Crippen molar-refractivity contribution in [3.8, 4) is 5.88 Å². The van der Waals surface area contributed by atoms with Crippen LogP contribution in [0.1, 0.15) is 11.3 Å². The number of nitrogens with one attached hydrogen (secondary N) is 1. The highest BCUT2D eigenvalue weighted by Gasteiger charge is 2.02. The fraction of sp³-hybridized carbons (Fsp3) is 0.176. The van der Waals surface area contributed by atoms with Gasteiger partial charge in [0.15, 0.2) is 0 Å². The molecule has 1 aromatic carbocycles. The molecule has 0 bridgehead atoms. The van der Waals surface area contributed by atoms with Gasteiger partial charge < -0.3 is 20.5 Å².